The van der Waals surface area contributed by atoms with E-state index in [1.807, 2.05) is 0 Å². The van der Waals surface area contributed by atoms with Gasteiger partial charge in [-0.05, 0) is 47.2 Å². The maximum atomic E-state index is 12.1. The van der Waals surface area contributed by atoms with Crippen LogP contribution in [0.1, 0.15) is 10.4 Å². The molecule has 3 heterocycles. The third-order valence-corrected chi connectivity index (χ3v) is 5.19. The quantitative estimate of drug-likeness (QED) is 0.527. The summed E-state index contributed by atoms with van der Waals surface area (Å²) in [6.45, 7) is 4.15. The van der Waals surface area contributed by atoms with Gasteiger partial charge < -0.3 is 19.5 Å². The van der Waals surface area contributed by atoms with E-state index in [1.54, 1.807) is 6.07 Å². The number of H-pyrrole nitrogens is 1. The van der Waals surface area contributed by atoms with Crippen LogP contribution in [0.25, 0.3) is 21.9 Å². The molecule has 7 heteroatoms. The van der Waals surface area contributed by atoms with Crippen LogP contribution in [0, 0.1) is 0 Å². The fourth-order valence-electron chi connectivity index (χ4n) is 3.34. The lowest BCUT2D eigenvalue weighted by Crippen LogP contribution is -2.44. The molecular weight excluding hydrogens is 384 g/mol. The molecule has 3 aromatic rings. The number of hydrogen-bond donors (Lipinski definition) is 1. The van der Waals surface area contributed by atoms with Gasteiger partial charge in [-0.15, -0.1) is 0 Å². The lowest BCUT2D eigenvalue weighted by atomic mass is 10.1. The van der Waals surface area contributed by atoms with Gasteiger partial charge in [0.15, 0.2) is 0 Å². The molecule has 0 aliphatic carbocycles. The Morgan fingerprint density at radius 3 is 2.72 bits per heavy atom. The van der Waals surface area contributed by atoms with E-state index in [0.717, 1.165) is 42.6 Å². The highest BCUT2D eigenvalue weighted by molar-refractivity contribution is 9.10. The number of esters is 1. The van der Waals surface area contributed by atoms with Crippen LogP contribution < -0.4 is 4.90 Å². The number of nitrogens with one attached hydrogen (secondary N) is 1. The normalized spacial score (nSPS) is 15.9. The smallest absolute Gasteiger partial charge is 0.340 e. The van der Waals surface area contributed by atoms with Gasteiger partial charge in [0.05, 0.1) is 29.2 Å². The van der Waals surface area contributed by atoms with Gasteiger partial charge in [0.25, 0.3) is 0 Å². The number of ether oxygens (including phenoxy) is 1. The van der Waals surface area contributed by atoms with Gasteiger partial charge in [-0.25, -0.2) is 9.78 Å². The summed E-state index contributed by atoms with van der Waals surface area (Å²) in [7, 11) is 3.53. The molecule has 0 bridgehead atoms. The fourth-order valence-corrected chi connectivity index (χ4v) is 3.75. The number of benzene rings is 1. The Morgan fingerprint density at radius 1 is 1.24 bits per heavy atom. The van der Waals surface area contributed by atoms with Crippen molar-refractivity contribution in [3.8, 4) is 0 Å². The second-order valence-electron chi connectivity index (χ2n) is 6.35. The number of anilines is 1. The Kier molecular flexibility index (Phi) is 4.13. The van der Waals surface area contributed by atoms with Gasteiger partial charge in [-0.1, -0.05) is 0 Å². The predicted octanol–water partition coefficient (Wildman–Crippen LogP) is 3.02. The van der Waals surface area contributed by atoms with Crippen LogP contribution in [-0.2, 0) is 4.74 Å². The molecule has 25 heavy (non-hydrogen) atoms. The molecule has 0 spiro atoms. The number of piperazine rings is 1. The highest BCUT2D eigenvalue weighted by atomic mass is 79.9. The molecule has 1 N–H and O–H groups in total. The molecule has 1 aliphatic rings. The third-order valence-electron chi connectivity index (χ3n) is 4.78. The molecule has 0 radical (unpaired) electrons. The van der Waals surface area contributed by atoms with Crippen LogP contribution in [0.15, 0.2) is 28.9 Å². The van der Waals surface area contributed by atoms with Crippen LogP contribution in [0.4, 0.5) is 5.69 Å². The number of likely N-dealkylation sites (N-methyl/N-ethyl adjacent to an activating group) is 1. The summed E-state index contributed by atoms with van der Waals surface area (Å²) >= 11 is 3.39. The first-order valence-corrected chi connectivity index (χ1v) is 9.00. The summed E-state index contributed by atoms with van der Waals surface area (Å²) in [5.74, 6) is -0.376. The van der Waals surface area contributed by atoms with E-state index < -0.39 is 0 Å². The molecule has 0 unspecified atom stereocenters. The van der Waals surface area contributed by atoms with Gasteiger partial charge in [-0.3, -0.25) is 0 Å². The van der Waals surface area contributed by atoms with E-state index in [4.69, 9.17) is 4.74 Å². The minimum absolute atomic E-state index is 0.376. The van der Waals surface area contributed by atoms with Crippen LogP contribution in [-0.4, -0.2) is 61.2 Å². The van der Waals surface area contributed by atoms with Gasteiger partial charge in [0, 0.05) is 37.3 Å². The zero-order valence-corrected chi connectivity index (χ0v) is 15.8. The van der Waals surface area contributed by atoms with Crippen LogP contribution in [0.3, 0.4) is 0 Å². The Labute approximate surface area is 153 Å². The molecule has 1 aliphatic heterocycles. The second-order valence-corrected chi connectivity index (χ2v) is 7.17. The van der Waals surface area contributed by atoms with E-state index in [1.165, 1.54) is 12.8 Å². The zero-order chi connectivity index (χ0) is 17.6. The number of methoxy groups -OCH3 is 1. The summed E-state index contributed by atoms with van der Waals surface area (Å²) in [5.41, 5.74) is 4.13. The van der Waals surface area contributed by atoms with Crippen molar-refractivity contribution in [1.82, 2.24) is 14.9 Å². The van der Waals surface area contributed by atoms with Crippen molar-refractivity contribution in [2.24, 2.45) is 0 Å². The SMILES string of the molecule is COC(=O)c1cc(Br)nc2c1[nH]c1cc(N3CCN(C)CC3)ccc12. The highest BCUT2D eigenvalue weighted by Crippen LogP contribution is 2.31. The standard InChI is InChI=1S/C18H19BrN4O2/c1-22-5-7-23(8-6-22)11-3-4-12-14(9-11)20-17-13(18(24)25-2)10-15(19)21-16(12)17/h3-4,9-10,20H,5-8H2,1-2H3. The first kappa shape index (κ1) is 16.4. The van der Waals surface area contributed by atoms with Crippen molar-refractivity contribution >= 4 is 49.5 Å². The average Bonchev–Trinajstić information content (AvgIpc) is 2.98. The number of carbonyl (C=O) groups is 1. The van der Waals surface area contributed by atoms with Gasteiger partial charge in [0.2, 0.25) is 0 Å². The first-order valence-electron chi connectivity index (χ1n) is 8.20. The minimum Gasteiger partial charge on any atom is -0.465 e. The van der Waals surface area contributed by atoms with E-state index in [2.05, 4.69) is 60.9 Å². The molecule has 0 atom stereocenters. The Bertz CT molecular complexity index is 961. The Morgan fingerprint density at radius 2 is 2.00 bits per heavy atom. The van der Waals surface area contributed by atoms with Crippen molar-refractivity contribution in [1.29, 1.82) is 0 Å². The van der Waals surface area contributed by atoms with E-state index >= 15 is 0 Å². The number of aromatic amines is 1. The molecule has 4 rings (SSSR count). The monoisotopic (exact) mass is 402 g/mol. The highest BCUT2D eigenvalue weighted by Gasteiger charge is 2.19. The molecule has 1 fully saturated rings. The number of rotatable bonds is 2. The molecule has 2 aromatic heterocycles. The number of fused-ring (bicyclic) bond motifs is 3. The molecular formula is C18H19BrN4O2. The van der Waals surface area contributed by atoms with E-state index in [9.17, 15) is 4.79 Å². The van der Waals surface area contributed by atoms with Crippen molar-refractivity contribution in [2.45, 2.75) is 0 Å². The van der Waals surface area contributed by atoms with Crippen molar-refractivity contribution in [2.75, 3.05) is 45.2 Å². The van der Waals surface area contributed by atoms with E-state index in [0.29, 0.717) is 15.7 Å². The van der Waals surface area contributed by atoms with Gasteiger partial charge in [-0.2, -0.15) is 0 Å². The maximum absolute atomic E-state index is 12.1. The number of carbonyl (C=O) groups excluding carboxylic acids is 1. The first-order chi connectivity index (χ1) is 12.1. The number of hydrogen-bond acceptors (Lipinski definition) is 5. The van der Waals surface area contributed by atoms with Crippen LogP contribution >= 0.6 is 15.9 Å². The van der Waals surface area contributed by atoms with Crippen molar-refractivity contribution in [3.63, 3.8) is 0 Å². The summed E-state index contributed by atoms with van der Waals surface area (Å²) in [6, 6.07) is 8.02. The average molecular weight is 403 g/mol. The largest absolute Gasteiger partial charge is 0.465 e. The Balaban J connectivity index is 1.83. The lowest BCUT2D eigenvalue weighted by Gasteiger charge is -2.34. The summed E-state index contributed by atoms with van der Waals surface area (Å²) in [5, 5.41) is 0.999. The molecule has 1 aromatic carbocycles. The van der Waals surface area contributed by atoms with Crippen LogP contribution in [0.2, 0.25) is 0 Å². The van der Waals surface area contributed by atoms with Gasteiger partial charge in [0.1, 0.15) is 4.60 Å². The lowest BCUT2D eigenvalue weighted by molar-refractivity contribution is 0.0602. The second kappa shape index (κ2) is 6.31. The maximum Gasteiger partial charge on any atom is 0.340 e. The molecule has 1 saturated heterocycles. The zero-order valence-electron chi connectivity index (χ0n) is 14.2. The van der Waals surface area contributed by atoms with Gasteiger partial charge >= 0.3 is 5.97 Å². The molecule has 130 valence electrons. The van der Waals surface area contributed by atoms with Crippen molar-refractivity contribution < 1.29 is 9.53 Å². The van der Waals surface area contributed by atoms with Crippen molar-refractivity contribution in [3.05, 3.63) is 34.4 Å². The molecule has 0 saturated carbocycles. The molecule has 6 nitrogen and oxygen atoms in total. The summed E-state index contributed by atoms with van der Waals surface area (Å²) in [4.78, 5) is 24.7. The topological polar surface area (TPSA) is 61.5 Å². The summed E-state index contributed by atoms with van der Waals surface area (Å²) < 4.78 is 5.52. The number of aromatic nitrogens is 2. The van der Waals surface area contributed by atoms with Crippen LogP contribution in [0.5, 0.6) is 0 Å². The third kappa shape index (κ3) is 2.87. The number of pyridine rings is 1. The summed E-state index contributed by atoms with van der Waals surface area (Å²) in [6.07, 6.45) is 0. The minimum atomic E-state index is -0.376. The molecule has 0 amide bonds. The fraction of sp³-hybridized carbons (Fsp3) is 0.333. The predicted molar refractivity (Wildman–Crippen MR) is 102 cm³/mol. The Hall–Kier alpha value is -2.12. The number of halogens is 1. The number of nitrogens with zero attached hydrogens (tertiary/aromatic N) is 3. The van der Waals surface area contributed by atoms with E-state index in [-0.39, 0.29) is 5.97 Å².